The molecule has 2 aliphatic rings. The Hall–Kier alpha value is -4.50. The molecule has 1 aliphatic heterocycles. The molecule has 0 saturated carbocycles. The first-order chi connectivity index (χ1) is 21.9. The van der Waals surface area contributed by atoms with Gasteiger partial charge < -0.3 is 14.4 Å². The molecule has 0 aromatic heterocycles. The summed E-state index contributed by atoms with van der Waals surface area (Å²) in [4.78, 5) is 2.50. The van der Waals surface area contributed by atoms with E-state index in [9.17, 15) is 0 Å². The number of rotatable bonds is 12. The molecule has 0 unspecified atom stereocenters. The lowest BCUT2D eigenvalue weighted by atomic mass is 9.80. The molecule has 3 nitrogen and oxygen atoms in total. The fourth-order valence-electron chi connectivity index (χ4n) is 7.04. The largest absolute Gasteiger partial charge is 0.494 e. The molecule has 1 aliphatic carbocycles. The van der Waals surface area contributed by atoms with Crippen LogP contribution in [0.4, 0.5) is 5.69 Å². The summed E-state index contributed by atoms with van der Waals surface area (Å²) in [6, 6.07) is 38.0. The van der Waals surface area contributed by atoms with Gasteiger partial charge in [0, 0.05) is 28.8 Å². The van der Waals surface area contributed by atoms with Gasteiger partial charge >= 0.3 is 0 Å². The van der Waals surface area contributed by atoms with Gasteiger partial charge in [0.1, 0.15) is 11.5 Å². The minimum absolute atomic E-state index is 0.0656. The predicted molar refractivity (Wildman–Crippen MR) is 188 cm³/mol. The van der Waals surface area contributed by atoms with Crippen LogP contribution in [-0.4, -0.2) is 19.8 Å². The number of hydrogen-bond donors (Lipinski definition) is 0. The SMILES string of the molecule is CC1(C)C(/C=C/C=C2/N(CCCOc3ccccc3)c3ccccc3C2(C)C)=C(CCCOc2ccccc2)c2ccccc21. The second-order valence-corrected chi connectivity index (χ2v) is 13.0. The molecule has 0 fully saturated rings. The van der Waals surface area contributed by atoms with Crippen LogP contribution in [0, 0.1) is 0 Å². The van der Waals surface area contributed by atoms with E-state index in [4.69, 9.17) is 9.47 Å². The predicted octanol–water partition coefficient (Wildman–Crippen LogP) is 10.3. The zero-order valence-electron chi connectivity index (χ0n) is 27.1. The third-order valence-corrected chi connectivity index (χ3v) is 9.36. The first-order valence-electron chi connectivity index (χ1n) is 16.3. The average molecular weight is 596 g/mol. The third kappa shape index (κ3) is 6.35. The van der Waals surface area contributed by atoms with Crippen molar-refractivity contribution in [3.63, 3.8) is 0 Å². The summed E-state index contributed by atoms with van der Waals surface area (Å²) >= 11 is 0. The van der Waals surface area contributed by atoms with Gasteiger partial charge in [0.2, 0.25) is 0 Å². The molecule has 0 atom stereocenters. The fraction of sp³-hybridized carbons (Fsp3) is 0.286. The van der Waals surface area contributed by atoms with Crippen LogP contribution in [0.3, 0.4) is 0 Å². The number of benzene rings is 4. The van der Waals surface area contributed by atoms with Gasteiger partial charge in [-0.1, -0.05) is 119 Å². The first kappa shape index (κ1) is 30.5. The summed E-state index contributed by atoms with van der Waals surface area (Å²) in [6.07, 6.45) is 9.89. The second kappa shape index (κ2) is 13.2. The summed E-state index contributed by atoms with van der Waals surface area (Å²) in [6.45, 7) is 11.7. The van der Waals surface area contributed by atoms with Crippen molar-refractivity contribution in [1.29, 1.82) is 0 Å². The number of anilines is 1. The van der Waals surface area contributed by atoms with Crippen molar-refractivity contribution in [2.75, 3.05) is 24.7 Å². The van der Waals surface area contributed by atoms with Crippen LogP contribution < -0.4 is 14.4 Å². The molecule has 0 spiro atoms. The molecule has 0 saturated heterocycles. The number of allylic oxidation sites excluding steroid dienone is 6. The molecule has 6 rings (SSSR count). The first-order valence-corrected chi connectivity index (χ1v) is 16.3. The highest BCUT2D eigenvalue weighted by molar-refractivity contribution is 5.82. The van der Waals surface area contributed by atoms with E-state index < -0.39 is 0 Å². The molecule has 1 heterocycles. The standard InChI is InChI=1S/C42H45NO2/c1-41(2)36-24-12-11-22-34(36)35(23-16-30-44-32-18-7-5-8-19-32)37(41)26-15-28-40-42(3,4)38-25-13-14-27-39(38)43(40)29-17-31-45-33-20-9-6-10-21-33/h5-15,18-22,24-28H,16-17,23,29-31H2,1-4H3/b26-15+,40-28+. The monoisotopic (exact) mass is 595 g/mol. The molecule has 4 aromatic carbocycles. The Kier molecular flexibility index (Phi) is 8.98. The Balaban J connectivity index is 1.24. The zero-order chi connectivity index (χ0) is 31.3. The van der Waals surface area contributed by atoms with Crippen molar-refractivity contribution in [3.05, 3.63) is 155 Å². The highest BCUT2D eigenvalue weighted by Gasteiger charge is 2.39. The van der Waals surface area contributed by atoms with Crippen LogP contribution in [0.5, 0.6) is 11.5 Å². The summed E-state index contributed by atoms with van der Waals surface area (Å²) in [5, 5.41) is 0. The summed E-state index contributed by atoms with van der Waals surface area (Å²) in [5.41, 5.74) is 9.46. The van der Waals surface area contributed by atoms with Gasteiger partial charge in [-0.05, 0) is 83.5 Å². The maximum absolute atomic E-state index is 6.06. The van der Waals surface area contributed by atoms with Crippen LogP contribution in [0.25, 0.3) is 5.57 Å². The highest BCUT2D eigenvalue weighted by Crippen LogP contribution is 2.49. The summed E-state index contributed by atoms with van der Waals surface area (Å²) in [7, 11) is 0. The summed E-state index contributed by atoms with van der Waals surface area (Å²) < 4.78 is 12.1. The maximum atomic E-state index is 6.06. The van der Waals surface area contributed by atoms with Crippen LogP contribution in [-0.2, 0) is 10.8 Å². The summed E-state index contributed by atoms with van der Waals surface area (Å²) in [5.74, 6) is 1.86. The van der Waals surface area contributed by atoms with Crippen molar-refractivity contribution >= 4 is 11.3 Å². The van der Waals surface area contributed by atoms with Crippen molar-refractivity contribution in [3.8, 4) is 11.5 Å². The van der Waals surface area contributed by atoms with Gasteiger partial charge in [-0.3, -0.25) is 0 Å². The fourth-order valence-corrected chi connectivity index (χ4v) is 7.04. The Bertz CT molecular complexity index is 1700. The van der Waals surface area contributed by atoms with E-state index >= 15 is 0 Å². The van der Waals surface area contributed by atoms with Crippen molar-refractivity contribution in [2.24, 2.45) is 0 Å². The van der Waals surface area contributed by atoms with Crippen LogP contribution in [0.15, 0.2) is 139 Å². The van der Waals surface area contributed by atoms with Crippen molar-refractivity contribution in [1.82, 2.24) is 0 Å². The van der Waals surface area contributed by atoms with Crippen molar-refractivity contribution in [2.45, 2.75) is 57.8 Å². The molecular weight excluding hydrogens is 550 g/mol. The Morgan fingerprint density at radius 1 is 0.622 bits per heavy atom. The molecule has 230 valence electrons. The lowest BCUT2D eigenvalue weighted by Crippen LogP contribution is -2.27. The lowest BCUT2D eigenvalue weighted by Gasteiger charge is -2.27. The molecule has 0 bridgehead atoms. The average Bonchev–Trinajstić information content (AvgIpc) is 3.41. The minimum Gasteiger partial charge on any atom is -0.494 e. The third-order valence-electron chi connectivity index (χ3n) is 9.36. The van der Waals surface area contributed by atoms with E-state index in [1.54, 1.807) is 0 Å². The maximum Gasteiger partial charge on any atom is 0.119 e. The number of para-hydroxylation sites is 3. The normalized spacial score (nSPS) is 17.2. The van der Waals surface area contributed by atoms with Gasteiger partial charge in [-0.2, -0.15) is 0 Å². The second-order valence-electron chi connectivity index (χ2n) is 13.0. The topological polar surface area (TPSA) is 21.7 Å². The highest BCUT2D eigenvalue weighted by atomic mass is 16.5. The number of nitrogens with zero attached hydrogens (tertiary/aromatic N) is 1. The van der Waals surface area contributed by atoms with E-state index in [-0.39, 0.29) is 10.8 Å². The molecule has 4 aromatic rings. The minimum atomic E-state index is -0.0959. The number of hydrogen-bond acceptors (Lipinski definition) is 3. The van der Waals surface area contributed by atoms with Gasteiger partial charge in [-0.15, -0.1) is 0 Å². The Labute approximate surface area is 269 Å². The van der Waals surface area contributed by atoms with E-state index in [1.807, 2.05) is 60.7 Å². The van der Waals surface area contributed by atoms with Gasteiger partial charge in [0.15, 0.2) is 0 Å². The van der Waals surface area contributed by atoms with Gasteiger partial charge in [-0.25, -0.2) is 0 Å². The van der Waals surface area contributed by atoms with Crippen LogP contribution in [0.1, 0.15) is 63.6 Å². The van der Waals surface area contributed by atoms with E-state index in [2.05, 4.69) is 99.4 Å². The molecule has 0 radical (unpaired) electrons. The molecule has 0 N–H and O–H groups in total. The van der Waals surface area contributed by atoms with Crippen LogP contribution >= 0.6 is 0 Å². The van der Waals surface area contributed by atoms with Crippen LogP contribution in [0.2, 0.25) is 0 Å². The number of fused-ring (bicyclic) bond motifs is 2. The molecule has 0 amide bonds. The molecule has 3 heteroatoms. The van der Waals surface area contributed by atoms with E-state index in [1.165, 1.54) is 39.2 Å². The Morgan fingerprint density at radius 3 is 1.89 bits per heavy atom. The zero-order valence-corrected chi connectivity index (χ0v) is 27.1. The number of ether oxygens (including phenoxy) is 2. The Morgan fingerprint density at radius 2 is 1.20 bits per heavy atom. The smallest absolute Gasteiger partial charge is 0.119 e. The lowest BCUT2D eigenvalue weighted by molar-refractivity contribution is 0.312. The molecular formula is C42H45NO2. The van der Waals surface area contributed by atoms with E-state index in [0.717, 1.165) is 37.3 Å². The van der Waals surface area contributed by atoms with Gasteiger partial charge in [0.25, 0.3) is 0 Å². The molecule has 45 heavy (non-hydrogen) atoms. The van der Waals surface area contributed by atoms with E-state index in [0.29, 0.717) is 13.2 Å². The van der Waals surface area contributed by atoms with Gasteiger partial charge in [0.05, 0.1) is 13.2 Å². The van der Waals surface area contributed by atoms with Crippen molar-refractivity contribution < 1.29 is 9.47 Å². The quantitative estimate of drug-likeness (QED) is 0.152.